The van der Waals surface area contributed by atoms with Crippen LogP contribution in [0.3, 0.4) is 0 Å². The van der Waals surface area contributed by atoms with E-state index in [0.717, 1.165) is 24.3 Å². The maximum Gasteiger partial charge on any atom is 0.332 e. The Hall–Kier alpha value is -1.78. The van der Waals surface area contributed by atoms with Crippen LogP contribution in [0.4, 0.5) is 10.1 Å². The van der Waals surface area contributed by atoms with E-state index in [1.807, 2.05) is 0 Å². The molecule has 0 saturated carbocycles. The maximum atomic E-state index is 12.0. The van der Waals surface area contributed by atoms with Gasteiger partial charge in [0.2, 0.25) is 0 Å². The number of halogens is 1. The normalized spacial score (nSPS) is 9.42. The third-order valence-electron chi connectivity index (χ3n) is 1.31. The quantitative estimate of drug-likeness (QED) is 0.384. The molecule has 0 aromatic heterocycles. The molecule has 0 spiro atoms. The van der Waals surface area contributed by atoms with Gasteiger partial charge < -0.3 is 0 Å². The van der Waals surface area contributed by atoms with E-state index < -0.39 is 11.0 Å². The minimum Gasteiger partial charge on any atom is -0.258 e. The van der Waals surface area contributed by atoms with Crippen LogP contribution in [0.5, 0.6) is 0 Å². The fraction of sp³-hybridized carbons (Fsp3) is 0. The number of hydrogen-bond donors (Lipinski definition) is 0. The Morgan fingerprint density at radius 3 is 2.17 bits per heavy atom. The molecule has 0 atom stereocenters. The van der Waals surface area contributed by atoms with E-state index >= 15 is 0 Å². The fourth-order valence-electron chi connectivity index (χ4n) is 0.714. The topological polar surface area (TPSA) is 60.2 Å². The number of nitrogens with zero attached hydrogens (tertiary/aromatic N) is 1. The lowest BCUT2D eigenvalue weighted by Gasteiger charge is -1.91. The molecule has 1 rings (SSSR count). The number of hydrogen-bond acceptors (Lipinski definition) is 3. The van der Waals surface area contributed by atoms with Crippen LogP contribution in [-0.2, 0) is 0 Å². The fourth-order valence-corrected chi connectivity index (χ4v) is 0.714. The first kappa shape index (κ1) is 8.32. The van der Waals surface area contributed by atoms with Crippen molar-refractivity contribution in [3.8, 4) is 0 Å². The molecular weight excluding hydrogens is 165 g/mol. The summed E-state index contributed by atoms with van der Waals surface area (Å²) in [6, 6.07) is 2.70. The van der Waals surface area contributed by atoms with E-state index in [1.54, 1.807) is 0 Å². The molecular formula is C7H4FNO3. The predicted molar refractivity (Wildman–Crippen MR) is 38.5 cm³/mol. The average molecular weight is 169 g/mol. The molecule has 0 unspecified atom stereocenters. The predicted octanol–water partition coefficient (Wildman–Crippen LogP) is 1.70. The van der Waals surface area contributed by atoms with Crippen LogP contribution in [0.1, 0.15) is 10.4 Å². The van der Waals surface area contributed by atoms with E-state index in [9.17, 15) is 19.3 Å². The molecule has 0 fully saturated rings. The van der Waals surface area contributed by atoms with Crippen molar-refractivity contribution < 1.29 is 14.1 Å². The summed E-state index contributed by atoms with van der Waals surface area (Å²) in [5, 5.41) is 10.1. The smallest absolute Gasteiger partial charge is 0.258 e. The lowest BCUT2D eigenvalue weighted by atomic mass is 10.2. The van der Waals surface area contributed by atoms with Gasteiger partial charge in [-0.15, -0.1) is 0 Å². The highest BCUT2D eigenvalue weighted by Gasteiger charge is 2.07. The highest BCUT2D eigenvalue weighted by Crippen LogP contribution is 2.12. The Morgan fingerprint density at radius 1 is 1.33 bits per heavy atom. The van der Waals surface area contributed by atoms with Crippen molar-refractivity contribution in [2.45, 2.75) is 0 Å². The Kier molecular flexibility index (Phi) is 2.14. The maximum absolute atomic E-state index is 12.0. The zero-order chi connectivity index (χ0) is 9.14. The molecule has 12 heavy (non-hydrogen) atoms. The van der Waals surface area contributed by atoms with Crippen molar-refractivity contribution in [3.05, 3.63) is 39.9 Å². The first-order chi connectivity index (χ1) is 5.61. The zero-order valence-corrected chi connectivity index (χ0v) is 5.86. The number of benzene rings is 1. The molecule has 1 aromatic rings. The standard InChI is InChI=1S/C7H4FNO3/c8-7(10)5-1-3-6(4-2-5)9(11)12/h1-4H. The van der Waals surface area contributed by atoms with Gasteiger partial charge in [0.1, 0.15) is 0 Å². The molecule has 5 heteroatoms. The lowest BCUT2D eigenvalue weighted by molar-refractivity contribution is -0.384. The van der Waals surface area contributed by atoms with Crippen LogP contribution in [0, 0.1) is 10.1 Å². The van der Waals surface area contributed by atoms with Crippen molar-refractivity contribution >= 4 is 11.7 Å². The number of non-ortho nitro benzene ring substituents is 1. The molecule has 1 aromatic carbocycles. The van der Waals surface area contributed by atoms with E-state index in [4.69, 9.17) is 0 Å². The van der Waals surface area contributed by atoms with E-state index in [1.165, 1.54) is 0 Å². The van der Waals surface area contributed by atoms with Gasteiger partial charge in [0.05, 0.1) is 10.5 Å². The van der Waals surface area contributed by atoms with Crippen LogP contribution < -0.4 is 0 Å². The van der Waals surface area contributed by atoms with Crippen LogP contribution in [0.25, 0.3) is 0 Å². The van der Waals surface area contributed by atoms with Gasteiger partial charge in [0.25, 0.3) is 5.69 Å². The summed E-state index contributed by atoms with van der Waals surface area (Å²) >= 11 is 0. The van der Waals surface area contributed by atoms with E-state index in [2.05, 4.69) is 0 Å². The summed E-state index contributed by atoms with van der Waals surface area (Å²) in [6.45, 7) is 0. The van der Waals surface area contributed by atoms with E-state index in [-0.39, 0.29) is 11.3 Å². The zero-order valence-electron chi connectivity index (χ0n) is 5.86. The molecule has 0 aliphatic rings. The summed E-state index contributed by atoms with van der Waals surface area (Å²) < 4.78 is 12.0. The molecule has 0 saturated heterocycles. The first-order valence-electron chi connectivity index (χ1n) is 3.05. The second-order valence-electron chi connectivity index (χ2n) is 2.08. The summed E-state index contributed by atoms with van der Waals surface area (Å²) in [7, 11) is 0. The van der Waals surface area contributed by atoms with Gasteiger partial charge in [-0.3, -0.25) is 14.9 Å². The molecule has 0 aliphatic heterocycles. The Bertz CT molecular complexity index is 287. The van der Waals surface area contributed by atoms with Crippen molar-refractivity contribution in [1.82, 2.24) is 0 Å². The van der Waals surface area contributed by atoms with Gasteiger partial charge in [0.15, 0.2) is 0 Å². The summed E-state index contributed by atoms with van der Waals surface area (Å²) in [5.74, 6) is 0. The number of carbonyl (C=O) groups excluding carboxylic acids is 1. The van der Waals surface area contributed by atoms with Gasteiger partial charge in [-0.2, -0.15) is 4.39 Å². The minimum atomic E-state index is -1.59. The van der Waals surface area contributed by atoms with Gasteiger partial charge >= 0.3 is 6.04 Å². The third kappa shape index (κ3) is 1.63. The molecule has 0 aliphatic carbocycles. The van der Waals surface area contributed by atoms with Gasteiger partial charge in [-0.25, -0.2) is 0 Å². The Balaban J connectivity index is 3.01. The van der Waals surface area contributed by atoms with Gasteiger partial charge in [-0.1, -0.05) is 0 Å². The number of nitro groups is 1. The van der Waals surface area contributed by atoms with Crippen molar-refractivity contribution in [2.75, 3.05) is 0 Å². The summed E-state index contributed by atoms with van der Waals surface area (Å²) in [4.78, 5) is 19.6. The van der Waals surface area contributed by atoms with E-state index in [0.29, 0.717) is 0 Å². The SMILES string of the molecule is O=C(F)c1ccc([N+](=O)[O-])cc1. The molecule has 0 amide bonds. The summed E-state index contributed by atoms with van der Waals surface area (Å²) in [5.41, 5.74) is -0.347. The second kappa shape index (κ2) is 3.08. The highest BCUT2D eigenvalue weighted by atomic mass is 19.1. The minimum absolute atomic E-state index is 0.167. The van der Waals surface area contributed by atoms with Crippen molar-refractivity contribution in [2.24, 2.45) is 0 Å². The van der Waals surface area contributed by atoms with Crippen LogP contribution in [-0.4, -0.2) is 11.0 Å². The largest absolute Gasteiger partial charge is 0.332 e. The van der Waals surface area contributed by atoms with Crippen LogP contribution >= 0.6 is 0 Å². The molecule has 0 radical (unpaired) electrons. The third-order valence-corrected chi connectivity index (χ3v) is 1.31. The lowest BCUT2D eigenvalue weighted by Crippen LogP contribution is -1.91. The molecule has 0 bridgehead atoms. The Labute approximate surface area is 66.8 Å². The highest BCUT2D eigenvalue weighted by molar-refractivity contribution is 5.88. The summed E-state index contributed by atoms with van der Waals surface area (Å²) in [6.07, 6.45) is 0. The molecule has 0 heterocycles. The molecule has 62 valence electrons. The van der Waals surface area contributed by atoms with Gasteiger partial charge in [-0.05, 0) is 12.1 Å². The van der Waals surface area contributed by atoms with Gasteiger partial charge in [0, 0.05) is 12.1 Å². The number of carbonyl (C=O) groups is 1. The van der Waals surface area contributed by atoms with Crippen molar-refractivity contribution in [3.63, 3.8) is 0 Å². The number of nitro benzene ring substituents is 1. The molecule has 4 nitrogen and oxygen atoms in total. The number of rotatable bonds is 2. The van der Waals surface area contributed by atoms with Crippen LogP contribution in [0.15, 0.2) is 24.3 Å². The first-order valence-corrected chi connectivity index (χ1v) is 3.05. The second-order valence-corrected chi connectivity index (χ2v) is 2.08. The van der Waals surface area contributed by atoms with Crippen LogP contribution in [0.2, 0.25) is 0 Å². The molecule has 0 N–H and O–H groups in total. The average Bonchev–Trinajstić information content (AvgIpc) is 2.04. The van der Waals surface area contributed by atoms with Crippen molar-refractivity contribution in [1.29, 1.82) is 0 Å². The Morgan fingerprint density at radius 2 is 1.83 bits per heavy atom. The monoisotopic (exact) mass is 169 g/mol.